The second-order valence-electron chi connectivity index (χ2n) is 9.09. The summed E-state index contributed by atoms with van der Waals surface area (Å²) >= 11 is 0. The van der Waals surface area contributed by atoms with E-state index in [-0.39, 0.29) is 12.1 Å². The number of carbonyl (C=O) groups is 1. The first-order chi connectivity index (χ1) is 13.0. The maximum absolute atomic E-state index is 10.7. The predicted octanol–water partition coefficient (Wildman–Crippen LogP) is 5.68. The van der Waals surface area contributed by atoms with Gasteiger partial charge < -0.3 is 13.9 Å². The highest BCUT2D eigenvalue weighted by Crippen LogP contribution is 2.36. The monoisotopic (exact) mass is 408 g/mol. The third-order valence-corrected chi connectivity index (χ3v) is 9.82. The van der Waals surface area contributed by atoms with E-state index < -0.39 is 8.32 Å². The topological polar surface area (TPSA) is 48.1 Å². The van der Waals surface area contributed by atoms with E-state index in [1.54, 1.807) is 0 Å². The van der Waals surface area contributed by atoms with Crippen LogP contribution in [0.1, 0.15) is 58.1 Å². The van der Waals surface area contributed by atoms with E-state index in [0.717, 1.165) is 32.5 Å². The standard InChI is InChI=1S/C16H28OSi.C7H12O3/c1-14-9-11-15(12-10-14)8-7-13-17-18(5,6)16(2,3)4;1-2-3-7(8)10-5-6-4-9-6/h9-12H,7-8,13H2,1-6H3;6H,2-5H2,1H3/t;6-/m.1/s1. The maximum Gasteiger partial charge on any atom is 0.305 e. The number of esters is 1. The first-order valence-electron chi connectivity index (χ1n) is 10.5. The molecule has 1 fully saturated rings. The van der Waals surface area contributed by atoms with Gasteiger partial charge in [-0.05, 0) is 49.9 Å². The molecule has 1 atom stereocenters. The molecule has 0 aromatic heterocycles. The van der Waals surface area contributed by atoms with Crippen LogP contribution < -0.4 is 0 Å². The Labute approximate surface area is 173 Å². The average Bonchev–Trinajstić information content (AvgIpc) is 3.43. The van der Waals surface area contributed by atoms with Gasteiger partial charge in [-0.25, -0.2) is 0 Å². The highest BCUT2D eigenvalue weighted by Gasteiger charge is 2.36. The third-order valence-electron chi connectivity index (χ3n) is 5.29. The Kier molecular flexibility index (Phi) is 10.4. The first kappa shape index (κ1) is 24.9. The lowest BCUT2D eigenvalue weighted by molar-refractivity contribution is -0.144. The number of aryl methyl sites for hydroxylation is 2. The molecule has 1 aliphatic rings. The smallest absolute Gasteiger partial charge is 0.305 e. The molecule has 2 rings (SSSR count). The molecule has 0 unspecified atom stereocenters. The van der Waals surface area contributed by atoms with Gasteiger partial charge in [0.15, 0.2) is 8.32 Å². The lowest BCUT2D eigenvalue weighted by Gasteiger charge is -2.36. The van der Waals surface area contributed by atoms with Crippen LogP contribution in [0.2, 0.25) is 18.1 Å². The lowest BCUT2D eigenvalue weighted by atomic mass is 10.1. The number of rotatable bonds is 9. The van der Waals surface area contributed by atoms with Crippen molar-refractivity contribution in [2.75, 3.05) is 19.8 Å². The molecular weight excluding hydrogens is 368 g/mol. The van der Waals surface area contributed by atoms with Crippen LogP contribution in [0.5, 0.6) is 0 Å². The lowest BCUT2D eigenvalue weighted by Crippen LogP contribution is -2.41. The minimum Gasteiger partial charge on any atom is -0.463 e. The van der Waals surface area contributed by atoms with Crippen molar-refractivity contribution >= 4 is 14.3 Å². The summed E-state index contributed by atoms with van der Waals surface area (Å²) in [6.07, 6.45) is 3.81. The van der Waals surface area contributed by atoms with Crippen LogP contribution in [0.4, 0.5) is 0 Å². The molecule has 1 aromatic carbocycles. The van der Waals surface area contributed by atoms with Gasteiger partial charge in [-0.1, -0.05) is 57.5 Å². The Morgan fingerprint density at radius 3 is 2.32 bits per heavy atom. The van der Waals surface area contributed by atoms with Gasteiger partial charge >= 0.3 is 5.97 Å². The molecule has 0 spiro atoms. The van der Waals surface area contributed by atoms with Gasteiger partial charge in [-0.2, -0.15) is 0 Å². The third kappa shape index (κ3) is 10.4. The summed E-state index contributed by atoms with van der Waals surface area (Å²) in [5, 5.41) is 0.316. The second-order valence-corrected chi connectivity index (χ2v) is 13.9. The fraction of sp³-hybridized carbons (Fsp3) is 0.696. The molecule has 0 bridgehead atoms. The zero-order valence-electron chi connectivity index (χ0n) is 19.0. The highest BCUT2D eigenvalue weighted by molar-refractivity contribution is 6.74. The van der Waals surface area contributed by atoms with Crippen LogP contribution in [0.3, 0.4) is 0 Å². The molecule has 28 heavy (non-hydrogen) atoms. The Morgan fingerprint density at radius 2 is 1.82 bits per heavy atom. The molecule has 1 heterocycles. The molecule has 1 aromatic rings. The van der Waals surface area contributed by atoms with Crippen molar-refractivity contribution in [3.05, 3.63) is 35.4 Å². The summed E-state index contributed by atoms with van der Waals surface area (Å²) in [5.74, 6) is -0.113. The summed E-state index contributed by atoms with van der Waals surface area (Å²) in [6, 6.07) is 8.82. The average molecular weight is 409 g/mol. The van der Waals surface area contributed by atoms with Crippen molar-refractivity contribution in [1.29, 1.82) is 0 Å². The van der Waals surface area contributed by atoms with Gasteiger partial charge in [0.05, 0.1) is 6.61 Å². The molecule has 0 N–H and O–H groups in total. The van der Waals surface area contributed by atoms with Crippen molar-refractivity contribution in [3.63, 3.8) is 0 Å². The van der Waals surface area contributed by atoms with Crippen LogP contribution in [0, 0.1) is 6.92 Å². The van der Waals surface area contributed by atoms with Crippen LogP contribution >= 0.6 is 0 Å². The van der Waals surface area contributed by atoms with Crippen molar-refractivity contribution < 1.29 is 18.7 Å². The normalized spacial score (nSPS) is 16.2. The van der Waals surface area contributed by atoms with Crippen LogP contribution in [0.25, 0.3) is 0 Å². The van der Waals surface area contributed by atoms with E-state index in [1.807, 2.05) is 6.92 Å². The molecular formula is C23H40O4Si. The quantitative estimate of drug-likeness (QED) is 0.228. The molecule has 0 aliphatic carbocycles. The fourth-order valence-electron chi connectivity index (χ4n) is 2.20. The van der Waals surface area contributed by atoms with Crippen molar-refractivity contribution in [3.8, 4) is 0 Å². The first-order valence-corrected chi connectivity index (χ1v) is 13.4. The molecule has 4 nitrogen and oxygen atoms in total. The number of carbonyl (C=O) groups excluding carboxylic acids is 1. The second kappa shape index (κ2) is 11.7. The van der Waals surface area contributed by atoms with E-state index in [4.69, 9.17) is 13.9 Å². The van der Waals surface area contributed by atoms with Crippen LogP contribution in [0.15, 0.2) is 24.3 Å². The maximum atomic E-state index is 10.7. The zero-order chi connectivity index (χ0) is 21.2. The van der Waals surface area contributed by atoms with Gasteiger partial charge in [0.2, 0.25) is 0 Å². The zero-order valence-corrected chi connectivity index (χ0v) is 20.0. The molecule has 0 radical (unpaired) electrons. The van der Waals surface area contributed by atoms with Crippen LogP contribution in [-0.2, 0) is 25.1 Å². The Balaban J connectivity index is 0.000000330. The summed E-state index contributed by atoms with van der Waals surface area (Å²) in [6.45, 7) is 17.7. The summed E-state index contributed by atoms with van der Waals surface area (Å²) in [4.78, 5) is 10.7. The van der Waals surface area contributed by atoms with Gasteiger partial charge in [0.25, 0.3) is 0 Å². The largest absolute Gasteiger partial charge is 0.463 e. The van der Waals surface area contributed by atoms with Crippen molar-refractivity contribution in [2.24, 2.45) is 0 Å². The van der Waals surface area contributed by atoms with Crippen molar-refractivity contribution in [1.82, 2.24) is 0 Å². The van der Waals surface area contributed by atoms with E-state index in [0.29, 0.717) is 18.1 Å². The highest BCUT2D eigenvalue weighted by atomic mass is 28.4. The molecule has 1 saturated heterocycles. The van der Waals surface area contributed by atoms with E-state index >= 15 is 0 Å². The van der Waals surface area contributed by atoms with E-state index in [1.165, 1.54) is 11.1 Å². The van der Waals surface area contributed by atoms with Crippen molar-refractivity contribution in [2.45, 2.75) is 84.5 Å². The molecule has 0 saturated carbocycles. The van der Waals surface area contributed by atoms with Crippen LogP contribution in [-0.4, -0.2) is 40.2 Å². The molecule has 0 amide bonds. The predicted molar refractivity (Wildman–Crippen MR) is 118 cm³/mol. The summed E-state index contributed by atoms with van der Waals surface area (Å²) in [5.41, 5.74) is 2.75. The van der Waals surface area contributed by atoms with Gasteiger partial charge in [0, 0.05) is 13.0 Å². The molecule has 160 valence electrons. The summed E-state index contributed by atoms with van der Waals surface area (Å²) in [7, 11) is -1.55. The fourth-order valence-corrected chi connectivity index (χ4v) is 3.29. The number of hydrogen-bond acceptors (Lipinski definition) is 4. The number of ether oxygens (including phenoxy) is 2. The van der Waals surface area contributed by atoms with Gasteiger partial charge in [-0.3, -0.25) is 4.79 Å². The van der Waals surface area contributed by atoms with Gasteiger partial charge in [-0.15, -0.1) is 0 Å². The SMILES string of the molecule is CCCC(=O)OC[C@H]1CO1.Cc1ccc(CCCO[Si](C)(C)C(C)(C)C)cc1. The summed E-state index contributed by atoms with van der Waals surface area (Å²) < 4.78 is 15.9. The minimum absolute atomic E-state index is 0.113. The van der Waals surface area contributed by atoms with E-state index in [2.05, 4.69) is 65.1 Å². The Bertz CT molecular complexity index is 571. The minimum atomic E-state index is -1.55. The Hall–Kier alpha value is -1.17. The Morgan fingerprint density at radius 1 is 1.21 bits per heavy atom. The molecule has 5 heteroatoms. The number of epoxide rings is 1. The van der Waals surface area contributed by atoms with Gasteiger partial charge in [0.1, 0.15) is 12.7 Å². The van der Waals surface area contributed by atoms with E-state index in [9.17, 15) is 4.79 Å². The molecule has 1 aliphatic heterocycles. The number of benzene rings is 1. The number of hydrogen-bond donors (Lipinski definition) is 0.